The molecule has 0 saturated heterocycles. The van der Waals surface area contributed by atoms with Gasteiger partial charge < -0.3 is 33.8 Å². The summed E-state index contributed by atoms with van der Waals surface area (Å²) in [6, 6.07) is 0. The van der Waals surface area contributed by atoms with Crippen LogP contribution in [0.25, 0.3) is 0 Å². The van der Waals surface area contributed by atoms with Crippen LogP contribution in [-0.2, 0) is 65.4 Å². The van der Waals surface area contributed by atoms with Gasteiger partial charge in [-0.05, 0) is 37.5 Å². The lowest BCUT2D eigenvalue weighted by Gasteiger charge is -2.21. The number of esters is 4. The maximum absolute atomic E-state index is 13.1. The van der Waals surface area contributed by atoms with Crippen molar-refractivity contribution in [2.45, 2.75) is 426 Å². The van der Waals surface area contributed by atoms with Crippen molar-refractivity contribution < 1.29 is 80.2 Å². The number of aliphatic hydroxyl groups is 1. The minimum absolute atomic E-state index is 0.107. The van der Waals surface area contributed by atoms with E-state index in [1.54, 1.807) is 0 Å². The normalized spacial score (nSPS) is 14.0. The van der Waals surface area contributed by atoms with Gasteiger partial charge in [0.05, 0.1) is 26.4 Å². The van der Waals surface area contributed by atoms with Gasteiger partial charge in [-0.25, -0.2) is 9.13 Å². The Bertz CT molecular complexity index is 1870. The third-order valence-electron chi connectivity index (χ3n) is 18.2. The Hall–Kier alpha value is -1.94. The van der Waals surface area contributed by atoms with Crippen LogP contribution >= 0.6 is 15.6 Å². The summed E-state index contributed by atoms with van der Waals surface area (Å²) in [6.07, 6.45) is 58.4. The Kier molecular flexibility index (Phi) is 68.4. The fourth-order valence-corrected chi connectivity index (χ4v) is 13.6. The third kappa shape index (κ3) is 72.2. The highest BCUT2D eigenvalue weighted by Gasteiger charge is 2.30. The van der Waals surface area contributed by atoms with Crippen LogP contribution in [0.15, 0.2) is 0 Å². The van der Waals surface area contributed by atoms with Gasteiger partial charge in [0.15, 0.2) is 12.2 Å². The van der Waals surface area contributed by atoms with Gasteiger partial charge in [0.1, 0.15) is 19.3 Å². The summed E-state index contributed by atoms with van der Waals surface area (Å²) in [5.74, 6) is -0.530. The molecule has 0 amide bonds. The zero-order valence-electron chi connectivity index (χ0n) is 63.4. The van der Waals surface area contributed by atoms with E-state index in [1.165, 1.54) is 212 Å². The first-order chi connectivity index (χ1) is 46.9. The molecule has 19 heteroatoms. The molecular weight excluding hydrogens is 1270 g/mol. The van der Waals surface area contributed by atoms with E-state index in [9.17, 15) is 43.2 Å². The van der Waals surface area contributed by atoms with Crippen LogP contribution in [0.2, 0.25) is 0 Å². The first-order valence-corrected chi connectivity index (χ1v) is 43.5. The van der Waals surface area contributed by atoms with Crippen molar-refractivity contribution >= 4 is 39.5 Å². The molecule has 17 nitrogen and oxygen atoms in total. The lowest BCUT2D eigenvalue weighted by atomic mass is 10.0. The maximum Gasteiger partial charge on any atom is 0.472 e. The van der Waals surface area contributed by atoms with Gasteiger partial charge >= 0.3 is 39.5 Å². The first-order valence-electron chi connectivity index (χ1n) is 40.5. The number of carbonyl (C=O) groups is 4. The lowest BCUT2D eigenvalue weighted by Crippen LogP contribution is -2.30. The molecule has 2 unspecified atom stereocenters. The summed E-state index contributed by atoms with van der Waals surface area (Å²) in [6.45, 7) is 9.61. The Balaban J connectivity index is 5.19. The lowest BCUT2D eigenvalue weighted by molar-refractivity contribution is -0.161. The molecule has 0 aromatic rings. The van der Waals surface area contributed by atoms with Crippen molar-refractivity contribution in [2.24, 2.45) is 11.8 Å². The quantitative estimate of drug-likeness (QED) is 0.0222. The van der Waals surface area contributed by atoms with Crippen LogP contribution in [0.5, 0.6) is 0 Å². The van der Waals surface area contributed by atoms with Crippen molar-refractivity contribution in [3.8, 4) is 0 Å². The molecule has 3 N–H and O–H groups in total. The highest BCUT2D eigenvalue weighted by molar-refractivity contribution is 7.47. The summed E-state index contributed by atoms with van der Waals surface area (Å²) in [4.78, 5) is 72.8. The number of phosphoric acid groups is 2. The van der Waals surface area contributed by atoms with Gasteiger partial charge in [-0.2, -0.15) is 0 Å². The van der Waals surface area contributed by atoms with Crippen molar-refractivity contribution in [1.29, 1.82) is 0 Å². The largest absolute Gasteiger partial charge is 0.472 e. The summed E-state index contributed by atoms with van der Waals surface area (Å²) in [7, 11) is -9.91. The predicted octanol–water partition coefficient (Wildman–Crippen LogP) is 23.1. The van der Waals surface area contributed by atoms with E-state index in [2.05, 4.69) is 41.5 Å². The molecule has 576 valence electrons. The zero-order valence-corrected chi connectivity index (χ0v) is 65.2. The third-order valence-corrected chi connectivity index (χ3v) is 20.1. The molecule has 0 fully saturated rings. The van der Waals surface area contributed by atoms with Gasteiger partial charge in [-0.1, -0.05) is 356 Å². The van der Waals surface area contributed by atoms with E-state index < -0.39 is 97.5 Å². The van der Waals surface area contributed by atoms with Crippen molar-refractivity contribution in [3.05, 3.63) is 0 Å². The van der Waals surface area contributed by atoms with Crippen molar-refractivity contribution in [3.63, 3.8) is 0 Å². The molecule has 0 rings (SSSR count). The molecule has 0 aliphatic heterocycles. The van der Waals surface area contributed by atoms with Crippen molar-refractivity contribution in [2.75, 3.05) is 39.6 Å². The van der Waals surface area contributed by atoms with E-state index in [0.717, 1.165) is 115 Å². The SMILES string of the molecule is CCCCCCCCCCCCCCCCCCC(=O)OC[C@H](COP(=O)(O)OC[C@@H](O)COP(=O)(O)OC[C@@H](COC(=O)CCCCCCCCC)OC(=O)CCCCCCCCCCCCCCC(C)C)OC(=O)CCCCCCCCCCCCCCCCCCC(C)C. The summed E-state index contributed by atoms with van der Waals surface area (Å²) >= 11 is 0. The van der Waals surface area contributed by atoms with E-state index in [0.29, 0.717) is 25.7 Å². The number of rotatable bonds is 77. The van der Waals surface area contributed by atoms with Crippen LogP contribution in [-0.4, -0.2) is 96.7 Å². The second-order valence-electron chi connectivity index (χ2n) is 29.1. The van der Waals surface area contributed by atoms with E-state index in [4.69, 9.17) is 37.0 Å². The predicted molar refractivity (Wildman–Crippen MR) is 395 cm³/mol. The number of unbranched alkanes of at least 4 members (excludes halogenated alkanes) is 47. The van der Waals surface area contributed by atoms with Crippen LogP contribution < -0.4 is 0 Å². The average Bonchev–Trinajstić information content (AvgIpc) is 1.28. The van der Waals surface area contributed by atoms with E-state index >= 15 is 0 Å². The number of phosphoric ester groups is 2. The second kappa shape index (κ2) is 69.8. The molecular formula is C78H152O17P2. The summed E-state index contributed by atoms with van der Waals surface area (Å²) in [5.41, 5.74) is 0. The van der Waals surface area contributed by atoms with Gasteiger partial charge in [-0.3, -0.25) is 37.3 Å². The monoisotopic (exact) mass is 1420 g/mol. The highest BCUT2D eigenvalue weighted by atomic mass is 31.2. The fraction of sp³-hybridized carbons (Fsp3) is 0.949. The molecule has 0 aromatic heterocycles. The van der Waals surface area contributed by atoms with E-state index in [1.807, 2.05) is 0 Å². The highest BCUT2D eigenvalue weighted by Crippen LogP contribution is 2.45. The molecule has 5 atom stereocenters. The molecule has 0 heterocycles. The second-order valence-corrected chi connectivity index (χ2v) is 32.0. The van der Waals surface area contributed by atoms with Crippen LogP contribution in [0, 0.1) is 11.8 Å². The standard InChI is InChI=1S/C78H152O17P2/c1-7-9-11-13-15-16-17-18-19-23-26-32-37-43-49-55-61-76(81)89-67-74(95-78(83)62-56-50-44-38-33-27-24-21-20-22-25-30-35-41-46-52-58-70(3)4)69-93-97(86,87)91-65-72(79)64-90-96(84,85)92-68-73(66-88-75(80)60-54-48-40-14-12-10-8-2)94-77(82)63-57-51-45-39-34-29-28-31-36-42-47-53-59-71(5)6/h70-74,79H,7-69H2,1-6H3,(H,84,85)(H,86,87)/t72-,73+,74+/m0/s1. The molecule has 0 bridgehead atoms. The molecule has 0 aliphatic rings. The fourth-order valence-electron chi connectivity index (χ4n) is 12.0. The number of aliphatic hydroxyl groups excluding tert-OH is 1. The maximum atomic E-state index is 13.1. The van der Waals surface area contributed by atoms with Crippen LogP contribution in [0.3, 0.4) is 0 Å². The molecule has 0 saturated carbocycles. The molecule has 0 spiro atoms. The number of ether oxygens (including phenoxy) is 4. The van der Waals surface area contributed by atoms with Gasteiger partial charge in [-0.15, -0.1) is 0 Å². The van der Waals surface area contributed by atoms with Crippen LogP contribution in [0.1, 0.15) is 408 Å². The first kappa shape index (κ1) is 95.1. The molecule has 97 heavy (non-hydrogen) atoms. The number of hydrogen-bond acceptors (Lipinski definition) is 15. The van der Waals surface area contributed by atoms with Gasteiger partial charge in [0, 0.05) is 25.7 Å². The number of hydrogen-bond donors (Lipinski definition) is 3. The minimum atomic E-state index is -4.96. The Labute approximate surface area is 594 Å². The minimum Gasteiger partial charge on any atom is -0.462 e. The average molecular weight is 1420 g/mol. The molecule has 0 radical (unpaired) electrons. The van der Waals surface area contributed by atoms with Gasteiger partial charge in [0.2, 0.25) is 0 Å². The Morgan fingerprint density at radius 3 is 0.701 bits per heavy atom. The Morgan fingerprint density at radius 1 is 0.278 bits per heavy atom. The van der Waals surface area contributed by atoms with Crippen molar-refractivity contribution in [1.82, 2.24) is 0 Å². The van der Waals surface area contributed by atoms with Gasteiger partial charge in [0.25, 0.3) is 0 Å². The summed E-state index contributed by atoms with van der Waals surface area (Å²) in [5, 5.41) is 10.6. The summed E-state index contributed by atoms with van der Waals surface area (Å²) < 4.78 is 68.5. The molecule has 0 aliphatic carbocycles. The zero-order chi connectivity index (χ0) is 71.4. The molecule has 0 aromatic carbocycles. The number of carbonyl (C=O) groups excluding carboxylic acids is 4. The Morgan fingerprint density at radius 2 is 0.474 bits per heavy atom. The van der Waals surface area contributed by atoms with E-state index in [-0.39, 0.29) is 25.7 Å². The smallest absolute Gasteiger partial charge is 0.462 e. The topological polar surface area (TPSA) is 237 Å². The van der Waals surface area contributed by atoms with Crippen LogP contribution in [0.4, 0.5) is 0 Å².